The number of carbonyl (C=O) groups is 1. The normalized spacial score (nSPS) is 16.1. The average molecular weight is 409 g/mol. The summed E-state index contributed by atoms with van der Waals surface area (Å²) in [5, 5.41) is 9.06. The first-order valence-corrected chi connectivity index (χ1v) is 10.1. The maximum atomic E-state index is 13.2. The van der Waals surface area contributed by atoms with Crippen LogP contribution in [0, 0.1) is 5.82 Å². The molecule has 5 nitrogen and oxygen atoms in total. The first-order valence-electron chi connectivity index (χ1n) is 8.79. The summed E-state index contributed by atoms with van der Waals surface area (Å²) in [4.78, 5) is 12.5. The number of hydrogen-bond donors (Lipinski definition) is 2. The lowest BCUT2D eigenvalue weighted by Gasteiger charge is -2.14. The van der Waals surface area contributed by atoms with E-state index in [0.717, 1.165) is 25.0 Å². The lowest BCUT2D eigenvalue weighted by molar-refractivity contribution is 0.0529. The first-order chi connectivity index (χ1) is 13.1. The van der Waals surface area contributed by atoms with Crippen LogP contribution >= 0.6 is 23.6 Å². The number of ether oxygens (including phenoxy) is 2. The topological polar surface area (TPSA) is 59.6 Å². The van der Waals surface area contributed by atoms with Gasteiger partial charge in [0, 0.05) is 24.1 Å². The van der Waals surface area contributed by atoms with Crippen LogP contribution in [0.15, 0.2) is 29.6 Å². The molecule has 2 heterocycles. The van der Waals surface area contributed by atoms with Gasteiger partial charge in [-0.25, -0.2) is 9.18 Å². The third kappa shape index (κ3) is 5.03. The molecule has 8 heteroatoms. The number of hydrogen-bond acceptors (Lipinski definition) is 5. The van der Waals surface area contributed by atoms with Crippen LogP contribution in [-0.2, 0) is 9.47 Å². The van der Waals surface area contributed by atoms with Gasteiger partial charge in [-0.2, -0.15) is 0 Å². The number of benzene rings is 1. The van der Waals surface area contributed by atoms with Crippen LogP contribution < -0.4 is 10.6 Å². The fourth-order valence-electron chi connectivity index (χ4n) is 2.86. The smallest absolute Gasteiger partial charge is 0.341 e. The summed E-state index contributed by atoms with van der Waals surface area (Å²) in [6.45, 7) is 3.42. The Hall–Kier alpha value is -2.03. The van der Waals surface area contributed by atoms with E-state index in [4.69, 9.17) is 21.7 Å². The van der Waals surface area contributed by atoms with Crippen molar-refractivity contribution in [1.29, 1.82) is 0 Å². The highest BCUT2D eigenvalue weighted by Gasteiger charge is 2.22. The number of halogens is 1. The van der Waals surface area contributed by atoms with Gasteiger partial charge in [0.15, 0.2) is 5.11 Å². The van der Waals surface area contributed by atoms with E-state index in [1.54, 1.807) is 19.1 Å². The Kier molecular flexibility index (Phi) is 6.76. The molecule has 2 N–H and O–H groups in total. The third-order valence-corrected chi connectivity index (χ3v) is 5.31. The fraction of sp³-hybridized carbons (Fsp3) is 0.368. The van der Waals surface area contributed by atoms with Crippen molar-refractivity contribution in [3.8, 4) is 11.1 Å². The van der Waals surface area contributed by atoms with Gasteiger partial charge in [-0.05, 0) is 49.7 Å². The lowest BCUT2D eigenvalue weighted by atomic mass is 10.0. The minimum absolute atomic E-state index is 0.160. The summed E-state index contributed by atoms with van der Waals surface area (Å²) in [5.41, 5.74) is 1.82. The van der Waals surface area contributed by atoms with E-state index in [1.165, 1.54) is 23.5 Å². The van der Waals surface area contributed by atoms with Gasteiger partial charge in [-0.3, -0.25) is 0 Å². The van der Waals surface area contributed by atoms with Gasteiger partial charge in [-0.1, -0.05) is 12.1 Å². The fourth-order valence-corrected chi connectivity index (χ4v) is 4.07. The van der Waals surface area contributed by atoms with Gasteiger partial charge in [0.25, 0.3) is 0 Å². The Bertz CT molecular complexity index is 802. The third-order valence-electron chi connectivity index (χ3n) is 4.17. The quantitative estimate of drug-likeness (QED) is 0.552. The van der Waals surface area contributed by atoms with Crippen molar-refractivity contribution in [3.63, 3.8) is 0 Å². The zero-order valence-electron chi connectivity index (χ0n) is 14.9. The zero-order chi connectivity index (χ0) is 19.2. The molecule has 0 radical (unpaired) electrons. The molecule has 2 aromatic rings. The number of esters is 1. The van der Waals surface area contributed by atoms with Gasteiger partial charge in [0.05, 0.1) is 12.7 Å². The molecule has 1 aliphatic rings. The highest BCUT2D eigenvalue weighted by Crippen LogP contribution is 2.36. The molecule has 0 bridgehead atoms. The summed E-state index contributed by atoms with van der Waals surface area (Å²) in [5.74, 6) is -0.771. The van der Waals surface area contributed by atoms with E-state index < -0.39 is 5.97 Å². The SMILES string of the molecule is CCOC(=O)c1c(-c2ccc(F)cc2)csc1NC(=S)NC[C@@H]1CCCO1. The Morgan fingerprint density at radius 3 is 2.85 bits per heavy atom. The summed E-state index contributed by atoms with van der Waals surface area (Å²) in [7, 11) is 0. The molecule has 0 aliphatic carbocycles. The lowest BCUT2D eigenvalue weighted by Crippen LogP contribution is -2.35. The Morgan fingerprint density at radius 1 is 1.41 bits per heavy atom. The molecular weight excluding hydrogens is 387 g/mol. The van der Waals surface area contributed by atoms with Gasteiger partial charge < -0.3 is 20.1 Å². The molecule has 3 rings (SSSR count). The number of thiocarbonyl (C=S) groups is 1. The molecule has 1 fully saturated rings. The van der Waals surface area contributed by atoms with Crippen LogP contribution in [0.3, 0.4) is 0 Å². The second-order valence-electron chi connectivity index (χ2n) is 6.05. The van der Waals surface area contributed by atoms with Crippen LogP contribution in [-0.4, -0.2) is 36.9 Å². The molecule has 27 heavy (non-hydrogen) atoms. The van der Waals surface area contributed by atoms with Gasteiger partial charge >= 0.3 is 5.97 Å². The molecule has 144 valence electrons. The molecule has 0 amide bonds. The average Bonchev–Trinajstić information content (AvgIpc) is 3.31. The number of rotatable bonds is 6. The van der Waals surface area contributed by atoms with E-state index in [2.05, 4.69) is 10.6 Å². The van der Waals surface area contributed by atoms with E-state index in [-0.39, 0.29) is 18.5 Å². The van der Waals surface area contributed by atoms with Crippen molar-refractivity contribution in [2.24, 2.45) is 0 Å². The molecule has 1 saturated heterocycles. The molecule has 0 saturated carbocycles. The molecule has 0 spiro atoms. The molecular formula is C19H21FN2O3S2. The zero-order valence-corrected chi connectivity index (χ0v) is 16.6. The maximum Gasteiger partial charge on any atom is 0.341 e. The van der Waals surface area contributed by atoms with Crippen molar-refractivity contribution >= 4 is 39.6 Å². The molecule has 1 aromatic heterocycles. The molecule has 1 aromatic carbocycles. The van der Waals surface area contributed by atoms with Crippen LogP contribution in [0.4, 0.5) is 9.39 Å². The second-order valence-corrected chi connectivity index (χ2v) is 7.34. The Labute approximate surface area is 166 Å². The Balaban J connectivity index is 1.78. The van der Waals surface area contributed by atoms with Crippen LogP contribution in [0.5, 0.6) is 0 Å². The standard InChI is InChI=1S/C19H21FN2O3S2/c1-2-24-18(23)16-15(12-5-7-13(20)8-6-12)11-27-17(16)22-19(26)21-10-14-4-3-9-25-14/h5-8,11,14H,2-4,9-10H2,1H3,(H2,21,22,26)/t14-/m0/s1. The summed E-state index contributed by atoms with van der Waals surface area (Å²) < 4.78 is 24.0. The van der Waals surface area contributed by atoms with Crippen molar-refractivity contribution in [3.05, 3.63) is 41.0 Å². The van der Waals surface area contributed by atoms with Gasteiger partial charge in [-0.15, -0.1) is 11.3 Å². The summed E-state index contributed by atoms with van der Waals surface area (Å²) in [6.07, 6.45) is 2.23. The highest BCUT2D eigenvalue weighted by atomic mass is 32.1. The number of nitrogens with one attached hydrogen (secondary N) is 2. The van der Waals surface area contributed by atoms with E-state index >= 15 is 0 Å². The van der Waals surface area contributed by atoms with Crippen molar-refractivity contribution < 1.29 is 18.7 Å². The molecule has 1 aliphatic heterocycles. The van der Waals surface area contributed by atoms with Gasteiger partial charge in [0.1, 0.15) is 16.4 Å². The van der Waals surface area contributed by atoms with Crippen molar-refractivity contribution in [1.82, 2.24) is 5.32 Å². The summed E-state index contributed by atoms with van der Waals surface area (Å²) >= 11 is 6.70. The number of carbonyl (C=O) groups excluding carboxylic acids is 1. The minimum atomic E-state index is -0.442. The predicted molar refractivity (Wildman–Crippen MR) is 109 cm³/mol. The largest absolute Gasteiger partial charge is 0.462 e. The number of thiophene rings is 1. The van der Waals surface area contributed by atoms with Crippen LogP contribution in [0.25, 0.3) is 11.1 Å². The minimum Gasteiger partial charge on any atom is -0.462 e. The van der Waals surface area contributed by atoms with Gasteiger partial charge in [0.2, 0.25) is 0 Å². The number of anilines is 1. The monoisotopic (exact) mass is 408 g/mol. The van der Waals surface area contributed by atoms with E-state index in [0.29, 0.717) is 27.8 Å². The predicted octanol–water partition coefficient (Wildman–Crippen LogP) is 4.20. The molecule has 0 unspecified atom stereocenters. The van der Waals surface area contributed by atoms with Crippen molar-refractivity contribution in [2.75, 3.05) is 25.1 Å². The van der Waals surface area contributed by atoms with Crippen LogP contribution in [0.2, 0.25) is 0 Å². The summed E-state index contributed by atoms with van der Waals surface area (Å²) in [6, 6.07) is 6.00. The first kappa shape index (κ1) is 19.7. The Morgan fingerprint density at radius 2 is 2.19 bits per heavy atom. The van der Waals surface area contributed by atoms with E-state index in [9.17, 15) is 9.18 Å². The second kappa shape index (κ2) is 9.25. The maximum absolute atomic E-state index is 13.2. The van der Waals surface area contributed by atoms with E-state index in [1.807, 2.05) is 5.38 Å². The molecule has 1 atom stereocenters. The van der Waals surface area contributed by atoms with Crippen molar-refractivity contribution in [2.45, 2.75) is 25.9 Å². The van der Waals surface area contributed by atoms with Crippen LogP contribution in [0.1, 0.15) is 30.1 Å². The highest BCUT2D eigenvalue weighted by molar-refractivity contribution is 7.80.